The Morgan fingerprint density at radius 3 is 2.79 bits per heavy atom. The van der Waals surface area contributed by atoms with Crippen molar-refractivity contribution in [3.05, 3.63) is 36.4 Å². The van der Waals surface area contributed by atoms with E-state index < -0.39 is 0 Å². The largest absolute Gasteiger partial charge is 0.493 e. The molecule has 7 heteroatoms. The van der Waals surface area contributed by atoms with E-state index in [4.69, 9.17) is 9.47 Å². The molecule has 1 aliphatic rings. The Hall–Kier alpha value is -1.76. The first kappa shape index (κ1) is 20.3. The molecule has 1 amide bonds. The average molecular weight is 356 g/mol. The van der Waals surface area contributed by atoms with Crippen molar-refractivity contribution in [3.63, 3.8) is 0 Å². The van der Waals surface area contributed by atoms with Crippen molar-refractivity contribution in [2.45, 2.75) is 0 Å². The fourth-order valence-electron chi connectivity index (χ4n) is 2.44. The molecule has 0 spiro atoms. The quantitative estimate of drug-likeness (QED) is 0.689. The number of carbonyl (C=O) groups excluding carboxylic acids is 1. The monoisotopic (exact) mass is 355 g/mol. The van der Waals surface area contributed by atoms with Crippen LogP contribution < -0.4 is 20.1 Å². The number of hydrogen-bond acceptors (Lipinski definition) is 5. The number of halogens is 1. The third-order valence-electron chi connectivity index (χ3n) is 3.71. The summed E-state index contributed by atoms with van der Waals surface area (Å²) in [6.07, 6.45) is 1.66. The zero-order chi connectivity index (χ0) is 16.5. The molecule has 0 aromatic heterocycles. The topological polar surface area (TPSA) is 62.8 Å². The van der Waals surface area contributed by atoms with Crippen LogP contribution in [0.15, 0.2) is 30.9 Å². The minimum absolute atomic E-state index is 0. The van der Waals surface area contributed by atoms with Gasteiger partial charge in [-0.05, 0) is 18.2 Å². The van der Waals surface area contributed by atoms with Gasteiger partial charge in [-0.15, -0.1) is 12.4 Å². The minimum atomic E-state index is -0.103. The Labute approximate surface area is 149 Å². The molecule has 0 saturated carbocycles. The summed E-state index contributed by atoms with van der Waals surface area (Å²) in [5.74, 6) is 1.04. The normalized spacial score (nSPS) is 14.4. The molecule has 0 atom stereocenters. The Morgan fingerprint density at radius 1 is 1.38 bits per heavy atom. The number of nitrogens with zero attached hydrogens (tertiary/aromatic N) is 1. The standard InChI is InChI=1S/C17H25N3O3.ClH/c1-3-12-23-15-5-4-14(13-16(15)22-2)17(21)19-8-11-20-9-6-18-7-10-20;/h3-5,13,18H,1,6-12H2,2H3,(H,19,21);1H. The van der Waals surface area contributed by atoms with Gasteiger partial charge in [0, 0.05) is 44.8 Å². The van der Waals surface area contributed by atoms with Crippen LogP contribution in [-0.4, -0.2) is 63.8 Å². The maximum Gasteiger partial charge on any atom is 0.251 e. The van der Waals surface area contributed by atoms with Crippen LogP contribution in [0.25, 0.3) is 0 Å². The summed E-state index contributed by atoms with van der Waals surface area (Å²) in [6.45, 7) is 9.58. The Bertz CT molecular complexity index is 534. The van der Waals surface area contributed by atoms with E-state index in [0.717, 1.165) is 32.7 Å². The zero-order valence-electron chi connectivity index (χ0n) is 14.0. The number of rotatable bonds is 8. The van der Waals surface area contributed by atoms with E-state index in [9.17, 15) is 4.79 Å². The highest BCUT2D eigenvalue weighted by atomic mass is 35.5. The number of carbonyl (C=O) groups is 1. The van der Waals surface area contributed by atoms with Crippen LogP contribution in [0.5, 0.6) is 11.5 Å². The van der Waals surface area contributed by atoms with E-state index in [0.29, 0.717) is 30.2 Å². The molecule has 1 fully saturated rings. The van der Waals surface area contributed by atoms with Gasteiger partial charge in [-0.2, -0.15) is 0 Å². The van der Waals surface area contributed by atoms with Crippen molar-refractivity contribution in [1.29, 1.82) is 0 Å². The summed E-state index contributed by atoms with van der Waals surface area (Å²) in [6, 6.07) is 5.17. The third kappa shape index (κ3) is 6.03. The van der Waals surface area contributed by atoms with Crippen molar-refractivity contribution in [3.8, 4) is 11.5 Å². The molecule has 0 radical (unpaired) electrons. The summed E-state index contributed by atoms with van der Waals surface area (Å²) < 4.78 is 10.8. The predicted octanol–water partition coefficient (Wildman–Crippen LogP) is 1.32. The van der Waals surface area contributed by atoms with Crippen molar-refractivity contribution in [1.82, 2.24) is 15.5 Å². The van der Waals surface area contributed by atoms with Crippen LogP contribution in [0.4, 0.5) is 0 Å². The molecule has 0 bridgehead atoms. The molecule has 134 valence electrons. The Kier molecular flexibility index (Phi) is 9.22. The lowest BCUT2D eigenvalue weighted by Crippen LogP contribution is -2.46. The number of benzene rings is 1. The summed E-state index contributed by atoms with van der Waals surface area (Å²) in [4.78, 5) is 14.6. The number of ether oxygens (including phenoxy) is 2. The van der Waals surface area contributed by atoms with Crippen LogP contribution in [-0.2, 0) is 0 Å². The lowest BCUT2D eigenvalue weighted by Gasteiger charge is -2.27. The summed E-state index contributed by atoms with van der Waals surface area (Å²) in [5, 5.41) is 6.26. The van der Waals surface area contributed by atoms with Crippen LogP contribution in [0.3, 0.4) is 0 Å². The minimum Gasteiger partial charge on any atom is -0.493 e. The number of hydrogen-bond donors (Lipinski definition) is 2. The number of piperazine rings is 1. The van der Waals surface area contributed by atoms with E-state index in [2.05, 4.69) is 22.1 Å². The first-order valence-electron chi connectivity index (χ1n) is 7.87. The molecule has 0 unspecified atom stereocenters. The van der Waals surface area contributed by atoms with Gasteiger partial charge in [0.2, 0.25) is 0 Å². The first-order valence-corrected chi connectivity index (χ1v) is 7.87. The fourth-order valence-corrected chi connectivity index (χ4v) is 2.44. The van der Waals surface area contributed by atoms with E-state index >= 15 is 0 Å². The molecule has 2 rings (SSSR count). The van der Waals surface area contributed by atoms with E-state index in [1.165, 1.54) is 0 Å². The van der Waals surface area contributed by atoms with Crippen molar-refractivity contribution >= 4 is 18.3 Å². The highest BCUT2D eigenvalue weighted by molar-refractivity contribution is 5.94. The van der Waals surface area contributed by atoms with Gasteiger partial charge in [-0.3, -0.25) is 9.69 Å². The molecule has 1 saturated heterocycles. The Balaban J connectivity index is 0.00000288. The van der Waals surface area contributed by atoms with Gasteiger partial charge in [0.15, 0.2) is 11.5 Å². The van der Waals surface area contributed by atoms with Crippen LogP contribution in [0.1, 0.15) is 10.4 Å². The van der Waals surface area contributed by atoms with Gasteiger partial charge in [-0.25, -0.2) is 0 Å². The average Bonchev–Trinajstić information content (AvgIpc) is 2.60. The van der Waals surface area contributed by atoms with Gasteiger partial charge < -0.3 is 20.1 Å². The Morgan fingerprint density at radius 2 is 2.12 bits per heavy atom. The molecule has 0 aliphatic carbocycles. The van der Waals surface area contributed by atoms with Gasteiger partial charge in [-0.1, -0.05) is 12.7 Å². The van der Waals surface area contributed by atoms with E-state index in [-0.39, 0.29) is 18.3 Å². The lowest BCUT2D eigenvalue weighted by atomic mass is 10.2. The smallest absolute Gasteiger partial charge is 0.251 e. The molecule has 24 heavy (non-hydrogen) atoms. The lowest BCUT2D eigenvalue weighted by molar-refractivity contribution is 0.0947. The highest BCUT2D eigenvalue weighted by Crippen LogP contribution is 2.28. The summed E-state index contributed by atoms with van der Waals surface area (Å²) >= 11 is 0. The summed E-state index contributed by atoms with van der Waals surface area (Å²) in [7, 11) is 1.56. The van der Waals surface area contributed by atoms with Crippen molar-refractivity contribution in [2.75, 3.05) is 53.0 Å². The second kappa shape index (κ2) is 10.9. The maximum absolute atomic E-state index is 12.2. The molecular formula is C17H26ClN3O3. The SMILES string of the molecule is C=CCOc1ccc(C(=O)NCCN2CCNCC2)cc1OC.Cl. The molecule has 2 N–H and O–H groups in total. The van der Waals surface area contributed by atoms with E-state index in [1.54, 1.807) is 31.4 Å². The van der Waals surface area contributed by atoms with Crippen LogP contribution >= 0.6 is 12.4 Å². The predicted molar refractivity (Wildman–Crippen MR) is 97.6 cm³/mol. The van der Waals surface area contributed by atoms with E-state index in [1.807, 2.05) is 0 Å². The number of amides is 1. The van der Waals surface area contributed by atoms with Crippen LogP contribution in [0.2, 0.25) is 0 Å². The number of nitrogens with one attached hydrogen (secondary N) is 2. The maximum atomic E-state index is 12.2. The molecule has 6 nitrogen and oxygen atoms in total. The molecule has 1 aliphatic heterocycles. The van der Waals surface area contributed by atoms with Gasteiger partial charge in [0.05, 0.1) is 7.11 Å². The molecule has 1 aromatic rings. The van der Waals surface area contributed by atoms with Gasteiger partial charge in [0.1, 0.15) is 6.61 Å². The summed E-state index contributed by atoms with van der Waals surface area (Å²) in [5.41, 5.74) is 0.563. The van der Waals surface area contributed by atoms with Crippen molar-refractivity contribution < 1.29 is 14.3 Å². The van der Waals surface area contributed by atoms with Crippen molar-refractivity contribution in [2.24, 2.45) is 0 Å². The first-order chi connectivity index (χ1) is 11.2. The second-order valence-electron chi connectivity index (χ2n) is 5.31. The second-order valence-corrected chi connectivity index (χ2v) is 5.31. The van der Waals surface area contributed by atoms with Crippen LogP contribution in [0, 0.1) is 0 Å². The third-order valence-corrected chi connectivity index (χ3v) is 3.71. The zero-order valence-corrected chi connectivity index (χ0v) is 14.9. The number of methoxy groups -OCH3 is 1. The molecular weight excluding hydrogens is 330 g/mol. The molecule has 1 heterocycles. The highest BCUT2D eigenvalue weighted by Gasteiger charge is 2.12. The van der Waals surface area contributed by atoms with Gasteiger partial charge >= 0.3 is 0 Å². The van der Waals surface area contributed by atoms with Gasteiger partial charge in [0.25, 0.3) is 5.91 Å². The molecule has 1 aromatic carbocycles. The fraction of sp³-hybridized carbons (Fsp3) is 0.471.